The van der Waals surface area contributed by atoms with Crippen molar-refractivity contribution in [1.82, 2.24) is 19.8 Å². The second-order valence-electron chi connectivity index (χ2n) is 7.13. The molecule has 0 atom stereocenters. The summed E-state index contributed by atoms with van der Waals surface area (Å²) in [6.45, 7) is 4.93. The number of nitrogens with zero attached hydrogens (tertiary/aromatic N) is 3. The summed E-state index contributed by atoms with van der Waals surface area (Å²) in [6, 6.07) is 16.3. The fourth-order valence-corrected chi connectivity index (χ4v) is 3.90. The monoisotopic (exact) mass is 434 g/mol. The summed E-state index contributed by atoms with van der Waals surface area (Å²) in [6.07, 6.45) is 4.88. The molecule has 3 aromatic rings. The molecule has 1 aliphatic heterocycles. The topological polar surface area (TPSA) is 50.2 Å². The molecule has 7 heteroatoms. The first kappa shape index (κ1) is 23.2. The van der Waals surface area contributed by atoms with Gasteiger partial charge in [-0.25, -0.2) is 4.98 Å². The van der Waals surface area contributed by atoms with Gasteiger partial charge in [0.2, 0.25) is 0 Å². The molecule has 1 amide bonds. The average Bonchev–Trinajstić information content (AvgIpc) is 3.16. The highest BCUT2D eigenvalue weighted by atomic mass is 35.5. The van der Waals surface area contributed by atoms with E-state index in [1.54, 1.807) is 0 Å². The zero-order chi connectivity index (χ0) is 18.6. The highest BCUT2D eigenvalue weighted by Crippen LogP contribution is 2.20. The van der Waals surface area contributed by atoms with Crippen LogP contribution in [0.1, 0.15) is 36.5 Å². The Morgan fingerprint density at radius 2 is 1.79 bits per heavy atom. The molecular formula is C22H28Cl2N4O. The third kappa shape index (κ3) is 4.92. The second kappa shape index (κ2) is 10.6. The van der Waals surface area contributed by atoms with Crippen LogP contribution in [0.15, 0.2) is 54.9 Å². The lowest BCUT2D eigenvalue weighted by Gasteiger charge is -2.34. The number of nitrogens with one attached hydrogen (secondary N) is 1. The molecule has 0 aliphatic carbocycles. The number of amides is 1. The maximum absolute atomic E-state index is 13.1. The lowest BCUT2D eigenvalue weighted by atomic mass is 10.0. The number of benzene rings is 2. The molecule has 29 heavy (non-hydrogen) atoms. The van der Waals surface area contributed by atoms with Gasteiger partial charge in [0.15, 0.2) is 0 Å². The second-order valence-corrected chi connectivity index (χ2v) is 7.13. The van der Waals surface area contributed by atoms with Gasteiger partial charge in [-0.1, -0.05) is 19.1 Å². The van der Waals surface area contributed by atoms with Crippen molar-refractivity contribution < 1.29 is 4.79 Å². The van der Waals surface area contributed by atoms with E-state index in [2.05, 4.69) is 32.8 Å². The minimum atomic E-state index is 0. The summed E-state index contributed by atoms with van der Waals surface area (Å²) in [4.78, 5) is 19.7. The molecule has 1 N–H and O–H groups in total. The average molecular weight is 435 g/mol. The van der Waals surface area contributed by atoms with Crippen LogP contribution in [0.2, 0.25) is 0 Å². The Morgan fingerprint density at radius 1 is 1.10 bits per heavy atom. The zero-order valence-electron chi connectivity index (χ0n) is 16.6. The molecule has 0 bridgehead atoms. The van der Waals surface area contributed by atoms with Crippen LogP contribution in [0.5, 0.6) is 0 Å². The normalized spacial score (nSPS) is 14.1. The van der Waals surface area contributed by atoms with E-state index in [9.17, 15) is 4.79 Å². The van der Waals surface area contributed by atoms with E-state index in [-0.39, 0.29) is 30.7 Å². The molecule has 0 radical (unpaired) electrons. The molecule has 2 aromatic carbocycles. The molecule has 4 rings (SSSR count). The first-order chi connectivity index (χ1) is 13.3. The Balaban J connectivity index is 0.00000150. The fraction of sp³-hybridized carbons (Fsp3) is 0.364. The van der Waals surface area contributed by atoms with Crippen molar-refractivity contribution in [3.8, 4) is 5.69 Å². The van der Waals surface area contributed by atoms with E-state index in [1.807, 2.05) is 48.8 Å². The molecule has 2 heterocycles. The maximum Gasteiger partial charge on any atom is 0.254 e. The number of imidazole rings is 1. The number of carbonyl (C=O) groups excluding carboxylic acids is 1. The number of carbonyl (C=O) groups is 1. The maximum atomic E-state index is 13.1. The van der Waals surface area contributed by atoms with Crippen molar-refractivity contribution in [1.29, 1.82) is 0 Å². The Hall–Kier alpha value is -2.08. The molecule has 0 unspecified atom stereocenters. The predicted octanol–water partition coefficient (Wildman–Crippen LogP) is 4.47. The summed E-state index contributed by atoms with van der Waals surface area (Å²) < 4.78 is 2.06. The first-order valence-electron chi connectivity index (χ1n) is 9.82. The van der Waals surface area contributed by atoms with E-state index in [0.717, 1.165) is 61.2 Å². The molecule has 0 spiro atoms. The summed E-state index contributed by atoms with van der Waals surface area (Å²) in [5.74, 6) is 0.144. The van der Waals surface area contributed by atoms with Crippen LogP contribution in [0, 0.1) is 0 Å². The van der Waals surface area contributed by atoms with E-state index in [0.29, 0.717) is 6.04 Å². The van der Waals surface area contributed by atoms with Gasteiger partial charge in [0.1, 0.15) is 6.33 Å². The number of halogens is 2. The molecule has 1 fully saturated rings. The molecule has 1 saturated heterocycles. The van der Waals surface area contributed by atoms with Crippen molar-refractivity contribution in [2.24, 2.45) is 0 Å². The number of fused-ring (bicyclic) bond motifs is 1. The Labute approximate surface area is 184 Å². The van der Waals surface area contributed by atoms with E-state index < -0.39 is 0 Å². The van der Waals surface area contributed by atoms with Gasteiger partial charge < -0.3 is 10.2 Å². The third-order valence-electron chi connectivity index (χ3n) is 5.32. The van der Waals surface area contributed by atoms with E-state index in [1.165, 1.54) is 0 Å². The Morgan fingerprint density at radius 3 is 2.48 bits per heavy atom. The van der Waals surface area contributed by atoms with Crippen molar-refractivity contribution in [3.05, 3.63) is 60.4 Å². The quantitative estimate of drug-likeness (QED) is 0.643. The highest BCUT2D eigenvalue weighted by molar-refractivity contribution is 5.94. The zero-order valence-corrected chi connectivity index (χ0v) is 18.2. The summed E-state index contributed by atoms with van der Waals surface area (Å²) in [5, 5.41) is 3.38. The number of hydrogen-bond acceptors (Lipinski definition) is 3. The number of para-hydroxylation sites is 2. The SMILES string of the molecule is CCCN(C(=O)c1ccc(-n2cnc3ccccc32)cc1)C1CCNCC1.Cl.Cl. The minimum Gasteiger partial charge on any atom is -0.336 e. The van der Waals surface area contributed by atoms with E-state index in [4.69, 9.17) is 0 Å². The van der Waals surface area contributed by atoms with Gasteiger partial charge in [-0.3, -0.25) is 9.36 Å². The van der Waals surface area contributed by atoms with Crippen molar-refractivity contribution in [3.63, 3.8) is 0 Å². The molecule has 156 valence electrons. The lowest BCUT2D eigenvalue weighted by molar-refractivity contribution is 0.0642. The van der Waals surface area contributed by atoms with Crippen LogP contribution in [-0.4, -0.2) is 46.0 Å². The Bertz CT molecular complexity index is 920. The van der Waals surface area contributed by atoms with Crippen LogP contribution in [0.4, 0.5) is 0 Å². The van der Waals surface area contributed by atoms with Gasteiger partial charge in [0, 0.05) is 23.8 Å². The standard InChI is InChI=1S/C22H26N4O.2ClH/c1-2-15-25(19-11-13-23-14-12-19)22(27)17-7-9-18(10-8-17)26-16-24-20-5-3-4-6-21(20)26;;/h3-10,16,19,23H,2,11-15H2,1H3;2*1H. The molecule has 1 aromatic heterocycles. The molecular weight excluding hydrogens is 407 g/mol. The highest BCUT2D eigenvalue weighted by Gasteiger charge is 2.25. The van der Waals surface area contributed by atoms with Crippen molar-refractivity contribution in [2.45, 2.75) is 32.2 Å². The predicted molar refractivity (Wildman–Crippen MR) is 123 cm³/mol. The number of piperidine rings is 1. The summed E-state index contributed by atoms with van der Waals surface area (Å²) >= 11 is 0. The largest absolute Gasteiger partial charge is 0.336 e. The van der Waals surface area contributed by atoms with Gasteiger partial charge in [0.05, 0.1) is 11.0 Å². The molecule has 0 saturated carbocycles. The van der Waals surface area contributed by atoms with Crippen LogP contribution < -0.4 is 5.32 Å². The van der Waals surface area contributed by atoms with Gasteiger partial charge in [-0.15, -0.1) is 24.8 Å². The van der Waals surface area contributed by atoms with Gasteiger partial charge in [-0.2, -0.15) is 0 Å². The number of aromatic nitrogens is 2. The summed E-state index contributed by atoms with van der Waals surface area (Å²) in [7, 11) is 0. The van der Waals surface area contributed by atoms with Crippen molar-refractivity contribution >= 4 is 41.8 Å². The molecule has 1 aliphatic rings. The first-order valence-corrected chi connectivity index (χ1v) is 9.82. The number of hydrogen-bond donors (Lipinski definition) is 1. The van der Waals surface area contributed by atoms with Crippen LogP contribution in [-0.2, 0) is 0 Å². The smallest absolute Gasteiger partial charge is 0.254 e. The van der Waals surface area contributed by atoms with Gasteiger partial charge in [-0.05, 0) is 68.8 Å². The van der Waals surface area contributed by atoms with Crippen LogP contribution in [0.25, 0.3) is 16.7 Å². The van der Waals surface area contributed by atoms with Crippen molar-refractivity contribution in [2.75, 3.05) is 19.6 Å². The third-order valence-corrected chi connectivity index (χ3v) is 5.32. The minimum absolute atomic E-state index is 0. The summed E-state index contributed by atoms with van der Waals surface area (Å²) in [5.41, 5.74) is 3.82. The van der Waals surface area contributed by atoms with Crippen LogP contribution >= 0.6 is 24.8 Å². The number of rotatable bonds is 5. The molecule has 5 nitrogen and oxygen atoms in total. The van der Waals surface area contributed by atoms with Gasteiger partial charge >= 0.3 is 0 Å². The van der Waals surface area contributed by atoms with E-state index >= 15 is 0 Å². The fourth-order valence-electron chi connectivity index (χ4n) is 3.90. The van der Waals surface area contributed by atoms with Crippen LogP contribution in [0.3, 0.4) is 0 Å². The lowest BCUT2D eigenvalue weighted by Crippen LogP contribution is -2.46. The van der Waals surface area contributed by atoms with Gasteiger partial charge in [0.25, 0.3) is 5.91 Å². The Kier molecular flexibility index (Phi) is 8.50.